The van der Waals surface area contributed by atoms with Crippen LogP contribution in [-0.4, -0.2) is 22.4 Å². The van der Waals surface area contributed by atoms with Crippen LogP contribution >= 0.6 is 0 Å². The molecule has 1 atom stereocenters. The van der Waals surface area contributed by atoms with Crippen molar-refractivity contribution in [1.29, 1.82) is 0 Å². The number of aliphatic carboxylic acids is 1. The molecule has 0 saturated carbocycles. The van der Waals surface area contributed by atoms with Crippen molar-refractivity contribution in [2.45, 2.75) is 83.7 Å². The van der Waals surface area contributed by atoms with Crippen LogP contribution in [0, 0.1) is 0 Å². The van der Waals surface area contributed by atoms with Gasteiger partial charge in [0.15, 0.2) is 0 Å². The van der Waals surface area contributed by atoms with Gasteiger partial charge in [0.25, 0.3) is 0 Å². The number of hydrogen-bond acceptors (Lipinski definition) is 3. The molecule has 0 aromatic carbocycles. The molecule has 0 radical (unpaired) electrons. The van der Waals surface area contributed by atoms with Crippen LogP contribution in [0.4, 0.5) is 0 Å². The number of hydrogen-bond donors (Lipinski definition) is 2. The van der Waals surface area contributed by atoms with Crippen molar-refractivity contribution in [2.75, 3.05) is 0 Å². The van der Waals surface area contributed by atoms with E-state index in [0.29, 0.717) is 0 Å². The maximum absolute atomic E-state index is 10.4. The SMILES string of the molecule is CCCCCC(/C=C/C=C/C/C=C/CCCCCCC(=O)O)OO. The number of allylic oxidation sites excluding steroid dienone is 5. The fourth-order valence-electron chi connectivity index (χ4n) is 2.31. The minimum absolute atomic E-state index is 0.210. The summed E-state index contributed by atoms with van der Waals surface area (Å²) in [4.78, 5) is 14.8. The molecular formula is C20H34O4. The van der Waals surface area contributed by atoms with Gasteiger partial charge in [0.05, 0.1) is 0 Å². The Labute approximate surface area is 146 Å². The first-order valence-electron chi connectivity index (χ1n) is 9.21. The van der Waals surface area contributed by atoms with Crippen LogP contribution in [0.1, 0.15) is 77.6 Å². The van der Waals surface area contributed by atoms with E-state index >= 15 is 0 Å². The van der Waals surface area contributed by atoms with Crippen molar-refractivity contribution in [3.8, 4) is 0 Å². The Kier molecular flexibility index (Phi) is 16.9. The standard InChI is InChI=1S/C20H34O4/c1-2-3-13-16-19(24-23)17-14-11-9-7-5-4-6-8-10-12-15-18-20(21)22/h4-5,9,11,14,17,19,23H,2-3,6-8,10,12-13,15-16,18H2,1H3,(H,21,22)/b5-4+,11-9+,17-14+. The van der Waals surface area contributed by atoms with Gasteiger partial charge in [-0.2, -0.15) is 0 Å². The average molecular weight is 338 g/mol. The highest BCUT2D eigenvalue weighted by Crippen LogP contribution is 2.08. The van der Waals surface area contributed by atoms with Crippen LogP contribution in [0.5, 0.6) is 0 Å². The van der Waals surface area contributed by atoms with Crippen molar-refractivity contribution < 1.29 is 20.0 Å². The van der Waals surface area contributed by atoms with Gasteiger partial charge in [0, 0.05) is 6.42 Å². The summed E-state index contributed by atoms with van der Waals surface area (Å²) in [5, 5.41) is 17.3. The second-order valence-electron chi connectivity index (χ2n) is 6.01. The number of rotatable bonds is 16. The lowest BCUT2D eigenvalue weighted by Gasteiger charge is -2.07. The molecule has 0 spiro atoms. The number of carbonyl (C=O) groups is 1. The highest BCUT2D eigenvalue weighted by atomic mass is 17.1. The topological polar surface area (TPSA) is 66.8 Å². The van der Waals surface area contributed by atoms with E-state index in [9.17, 15) is 4.79 Å². The Hall–Kier alpha value is -1.39. The number of carboxylic acids is 1. The van der Waals surface area contributed by atoms with Gasteiger partial charge in [0.2, 0.25) is 0 Å². The summed E-state index contributed by atoms with van der Waals surface area (Å²) in [5.41, 5.74) is 0. The van der Waals surface area contributed by atoms with Gasteiger partial charge in [-0.05, 0) is 32.1 Å². The number of carboxylic acid groups (broad SMARTS) is 1. The normalized spacial score (nSPS) is 13.4. The van der Waals surface area contributed by atoms with Crippen molar-refractivity contribution in [1.82, 2.24) is 0 Å². The van der Waals surface area contributed by atoms with Crippen LogP contribution in [0.3, 0.4) is 0 Å². The summed E-state index contributed by atoms with van der Waals surface area (Å²) in [6, 6.07) is 0. The first-order chi connectivity index (χ1) is 11.7. The highest BCUT2D eigenvalue weighted by molar-refractivity contribution is 5.66. The first kappa shape index (κ1) is 22.6. The maximum Gasteiger partial charge on any atom is 0.303 e. The second-order valence-corrected chi connectivity index (χ2v) is 6.01. The smallest absolute Gasteiger partial charge is 0.303 e. The Morgan fingerprint density at radius 2 is 1.79 bits per heavy atom. The maximum atomic E-state index is 10.4. The van der Waals surface area contributed by atoms with Crippen LogP contribution in [0.2, 0.25) is 0 Å². The average Bonchev–Trinajstić information content (AvgIpc) is 2.57. The summed E-state index contributed by atoms with van der Waals surface area (Å²) in [6.45, 7) is 2.15. The minimum atomic E-state index is -0.700. The van der Waals surface area contributed by atoms with E-state index < -0.39 is 5.97 Å². The predicted molar refractivity (Wildman–Crippen MR) is 99.0 cm³/mol. The van der Waals surface area contributed by atoms with Gasteiger partial charge in [-0.15, -0.1) is 0 Å². The largest absolute Gasteiger partial charge is 0.481 e. The Morgan fingerprint density at radius 1 is 1.00 bits per heavy atom. The zero-order chi connectivity index (χ0) is 17.9. The lowest BCUT2D eigenvalue weighted by atomic mass is 10.1. The summed E-state index contributed by atoms with van der Waals surface area (Å²) in [7, 11) is 0. The first-order valence-corrected chi connectivity index (χ1v) is 9.21. The fourth-order valence-corrected chi connectivity index (χ4v) is 2.31. The molecule has 24 heavy (non-hydrogen) atoms. The van der Waals surface area contributed by atoms with Gasteiger partial charge in [-0.25, -0.2) is 4.89 Å². The predicted octanol–water partition coefficient (Wildman–Crippen LogP) is 5.91. The molecule has 4 nitrogen and oxygen atoms in total. The molecular weight excluding hydrogens is 304 g/mol. The third kappa shape index (κ3) is 17.0. The molecule has 0 aliphatic carbocycles. The van der Waals surface area contributed by atoms with E-state index in [1.807, 2.05) is 18.2 Å². The molecule has 0 amide bonds. The molecule has 0 rings (SSSR count). The van der Waals surface area contributed by atoms with Crippen molar-refractivity contribution in [3.05, 3.63) is 36.5 Å². The van der Waals surface area contributed by atoms with E-state index in [1.165, 1.54) is 0 Å². The van der Waals surface area contributed by atoms with Crippen molar-refractivity contribution in [3.63, 3.8) is 0 Å². The van der Waals surface area contributed by atoms with Crippen LogP contribution < -0.4 is 0 Å². The Morgan fingerprint density at radius 3 is 2.50 bits per heavy atom. The summed E-state index contributed by atoms with van der Waals surface area (Å²) in [6.07, 6.45) is 22.4. The fraction of sp³-hybridized carbons (Fsp3) is 0.650. The van der Waals surface area contributed by atoms with Gasteiger partial charge >= 0.3 is 5.97 Å². The second kappa shape index (κ2) is 18.0. The van der Waals surface area contributed by atoms with Crippen LogP contribution in [0.25, 0.3) is 0 Å². The van der Waals surface area contributed by atoms with E-state index in [-0.39, 0.29) is 12.5 Å². The molecule has 1 unspecified atom stereocenters. The molecule has 2 N–H and O–H groups in total. The molecule has 0 aromatic heterocycles. The molecule has 0 aromatic rings. The van der Waals surface area contributed by atoms with E-state index in [4.69, 9.17) is 10.4 Å². The molecule has 138 valence electrons. The molecule has 0 bridgehead atoms. The molecule has 4 heteroatoms. The molecule has 0 aliphatic rings. The summed E-state index contributed by atoms with van der Waals surface area (Å²) in [5.74, 6) is -0.700. The molecule has 0 aliphatic heterocycles. The Bertz CT molecular complexity index is 372. The lowest BCUT2D eigenvalue weighted by Crippen LogP contribution is -2.06. The zero-order valence-corrected chi connectivity index (χ0v) is 15.0. The monoisotopic (exact) mass is 338 g/mol. The highest BCUT2D eigenvalue weighted by Gasteiger charge is 2.02. The third-order valence-corrected chi connectivity index (χ3v) is 3.75. The molecule has 0 fully saturated rings. The third-order valence-electron chi connectivity index (χ3n) is 3.75. The van der Waals surface area contributed by atoms with Crippen molar-refractivity contribution >= 4 is 5.97 Å². The van der Waals surface area contributed by atoms with Gasteiger partial charge in [-0.1, -0.05) is 75.5 Å². The lowest BCUT2D eigenvalue weighted by molar-refractivity contribution is -0.267. The molecule has 0 saturated heterocycles. The quantitative estimate of drug-likeness (QED) is 0.121. The van der Waals surface area contributed by atoms with E-state index in [2.05, 4.69) is 30.0 Å². The van der Waals surface area contributed by atoms with Crippen molar-refractivity contribution in [2.24, 2.45) is 0 Å². The van der Waals surface area contributed by atoms with Gasteiger partial charge < -0.3 is 5.11 Å². The van der Waals surface area contributed by atoms with Crippen LogP contribution in [0.15, 0.2) is 36.5 Å². The summed E-state index contributed by atoms with van der Waals surface area (Å²) < 4.78 is 0. The van der Waals surface area contributed by atoms with E-state index in [0.717, 1.165) is 64.2 Å². The molecule has 0 heterocycles. The minimum Gasteiger partial charge on any atom is -0.481 e. The zero-order valence-electron chi connectivity index (χ0n) is 15.0. The van der Waals surface area contributed by atoms with Gasteiger partial charge in [0.1, 0.15) is 6.10 Å². The Balaban J connectivity index is 3.58. The number of unbranched alkanes of at least 4 members (excludes halogenated alkanes) is 6. The summed E-state index contributed by atoms with van der Waals surface area (Å²) >= 11 is 0. The van der Waals surface area contributed by atoms with Gasteiger partial charge in [-0.3, -0.25) is 10.1 Å². The van der Waals surface area contributed by atoms with Crippen LogP contribution in [-0.2, 0) is 9.68 Å². The van der Waals surface area contributed by atoms with E-state index in [1.54, 1.807) is 0 Å².